The summed E-state index contributed by atoms with van der Waals surface area (Å²) in [5, 5.41) is 9.58. The fourth-order valence-corrected chi connectivity index (χ4v) is 2.77. The van der Waals surface area contributed by atoms with E-state index in [4.69, 9.17) is 4.74 Å². The fraction of sp³-hybridized carbons (Fsp3) is 1.00. The van der Waals surface area contributed by atoms with E-state index in [9.17, 15) is 18.3 Å². The average molecular weight is 296 g/mol. The van der Waals surface area contributed by atoms with Crippen molar-refractivity contribution in [2.24, 2.45) is 0 Å². The van der Waals surface area contributed by atoms with E-state index in [2.05, 4.69) is 4.90 Å². The predicted molar refractivity (Wildman–Crippen MR) is 68.6 cm³/mol. The molecule has 2 aliphatic rings. The number of rotatable bonds is 4. The number of likely N-dealkylation sites (tertiary alicyclic amines) is 1. The molecule has 2 aliphatic heterocycles. The molecule has 0 saturated carbocycles. The lowest BCUT2D eigenvalue weighted by molar-refractivity contribution is -0.272. The number of aliphatic hydroxyl groups is 1. The maximum Gasteiger partial charge on any atom is 0.417 e. The summed E-state index contributed by atoms with van der Waals surface area (Å²) >= 11 is 0. The number of morpholine rings is 1. The second-order valence-corrected chi connectivity index (χ2v) is 5.68. The molecule has 0 aliphatic carbocycles. The molecule has 0 unspecified atom stereocenters. The number of ether oxygens (including phenoxy) is 1. The van der Waals surface area contributed by atoms with Crippen molar-refractivity contribution in [1.29, 1.82) is 0 Å². The first-order chi connectivity index (χ1) is 9.41. The van der Waals surface area contributed by atoms with E-state index in [1.165, 1.54) is 0 Å². The van der Waals surface area contributed by atoms with Gasteiger partial charge >= 0.3 is 6.18 Å². The Morgan fingerprint density at radius 3 is 1.95 bits per heavy atom. The quantitative estimate of drug-likeness (QED) is 0.843. The van der Waals surface area contributed by atoms with Gasteiger partial charge in [0.2, 0.25) is 0 Å². The summed E-state index contributed by atoms with van der Waals surface area (Å²) in [4.78, 5) is 4.33. The number of hydrogen-bond donors (Lipinski definition) is 1. The summed E-state index contributed by atoms with van der Waals surface area (Å²) < 4.78 is 43.2. The van der Waals surface area contributed by atoms with Crippen LogP contribution >= 0.6 is 0 Å². The van der Waals surface area contributed by atoms with Crippen LogP contribution in [0.5, 0.6) is 0 Å². The molecular weight excluding hydrogens is 273 g/mol. The highest BCUT2D eigenvalue weighted by Crippen LogP contribution is 2.38. The van der Waals surface area contributed by atoms with Gasteiger partial charge in [0.15, 0.2) is 5.60 Å². The van der Waals surface area contributed by atoms with E-state index in [0.29, 0.717) is 13.1 Å². The minimum Gasteiger partial charge on any atom is -0.380 e. The third-order valence-corrected chi connectivity index (χ3v) is 4.26. The molecule has 0 bridgehead atoms. The van der Waals surface area contributed by atoms with Crippen molar-refractivity contribution in [3.63, 3.8) is 0 Å². The van der Waals surface area contributed by atoms with Gasteiger partial charge in [-0.2, -0.15) is 13.2 Å². The van der Waals surface area contributed by atoms with Crippen molar-refractivity contribution in [2.75, 3.05) is 52.5 Å². The number of halogens is 3. The maximum absolute atomic E-state index is 12.7. The second kappa shape index (κ2) is 6.60. The summed E-state index contributed by atoms with van der Waals surface area (Å²) in [6, 6.07) is 0. The van der Waals surface area contributed by atoms with Crippen LogP contribution in [0, 0.1) is 0 Å². The van der Waals surface area contributed by atoms with Gasteiger partial charge < -0.3 is 14.7 Å². The number of nitrogens with zero attached hydrogens (tertiary/aromatic N) is 2. The van der Waals surface area contributed by atoms with E-state index >= 15 is 0 Å². The van der Waals surface area contributed by atoms with Crippen molar-refractivity contribution >= 4 is 0 Å². The van der Waals surface area contributed by atoms with Crippen molar-refractivity contribution in [3.8, 4) is 0 Å². The predicted octanol–water partition coefficient (Wildman–Crippen LogP) is 1.10. The zero-order chi connectivity index (χ0) is 14.6. The number of piperidine rings is 1. The Balaban J connectivity index is 1.64. The van der Waals surface area contributed by atoms with Gasteiger partial charge in [0, 0.05) is 26.2 Å². The Bertz CT molecular complexity index is 298. The molecule has 2 rings (SSSR count). The molecule has 0 spiro atoms. The van der Waals surface area contributed by atoms with Gasteiger partial charge in [-0.3, -0.25) is 4.90 Å². The molecule has 0 aromatic rings. The molecule has 0 atom stereocenters. The molecule has 1 N–H and O–H groups in total. The molecule has 20 heavy (non-hydrogen) atoms. The van der Waals surface area contributed by atoms with E-state index in [-0.39, 0.29) is 12.8 Å². The van der Waals surface area contributed by atoms with Gasteiger partial charge in [-0.25, -0.2) is 0 Å². The number of alkyl halides is 3. The standard InChI is InChI=1S/C13H23F3N2O2/c14-13(15,16)12(19)2-6-17(7-3-12)4-1-5-18-8-10-20-11-9-18/h19H,1-11H2. The van der Waals surface area contributed by atoms with Crippen LogP contribution in [0.15, 0.2) is 0 Å². The smallest absolute Gasteiger partial charge is 0.380 e. The van der Waals surface area contributed by atoms with Crippen LogP contribution in [0.3, 0.4) is 0 Å². The van der Waals surface area contributed by atoms with Crippen LogP contribution < -0.4 is 0 Å². The monoisotopic (exact) mass is 296 g/mol. The molecule has 0 aromatic heterocycles. The van der Waals surface area contributed by atoms with Gasteiger partial charge in [0.05, 0.1) is 13.2 Å². The molecule has 118 valence electrons. The first-order valence-corrected chi connectivity index (χ1v) is 7.22. The van der Waals surface area contributed by atoms with E-state index in [1.54, 1.807) is 0 Å². The third-order valence-electron chi connectivity index (χ3n) is 4.26. The number of hydrogen-bond acceptors (Lipinski definition) is 4. The lowest BCUT2D eigenvalue weighted by Crippen LogP contribution is -2.53. The topological polar surface area (TPSA) is 35.9 Å². The van der Waals surface area contributed by atoms with Crippen molar-refractivity contribution in [3.05, 3.63) is 0 Å². The molecule has 4 nitrogen and oxygen atoms in total. The molecule has 2 saturated heterocycles. The first kappa shape index (κ1) is 16.0. The minimum atomic E-state index is -4.51. The van der Waals surface area contributed by atoms with E-state index in [0.717, 1.165) is 45.8 Å². The van der Waals surface area contributed by atoms with Crippen LogP contribution in [0.2, 0.25) is 0 Å². The molecule has 0 amide bonds. The van der Waals surface area contributed by atoms with Gasteiger partial charge in [0.1, 0.15) is 0 Å². The SMILES string of the molecule is OC1(C(F)(F)F)CCN(CCCN2CCOCC2)CC1. The highest BCUT2D eigenvalue weighted by molar-refractivity contribution is 4.91. The average Bonchev–Trinajstić information content (AvgIpc) is 2.41. The zero-order valence-corrected chi connectivity index (χ0v) is 11.7. The van der Waals surface area contributed by atoms with Crippen LogP contribution in [0.1, 0.15) is 19.3 Å². The Kier molecular flexibility index (Phi) is 5.28. The van der Waals surface area contributed by atoms with Crippen LogP contribution in [0.25, 0.3) is 0 Å². The molecule has 2 heterocycles. The van der Waals surface area contributed by atoms with Crippen LogP contribution in [0.4, 0.5) is 13.2 Å². The second-order valence-electron chi connectivity index (χ2n) is 5.68. The largest absolute Gasteiger partial charge is 0.417 e. The zero-order valence-electron chi connectivity index (χ0n) is 11.7. The Hall–Kier alpha value is -0.370. The summed E-state index contributed by atoms with van der Waals surface area (Å²) in [6.07, 6.45) is -3.99. The lowest BCUT2D eigenvalue weighted by Gasteiger charge is -2.39. The van der Waals surface area contributed by atoms with Gasteiger partial charge in [-0.15, -0.1) is 0 Å². The fourth-order valence-electron chi connectivity index (χ4n) is 2.77. The summed E-state index contributed by atoms with van der Waals surface area (Å²) in [6.45, 7) is 5.80. The summed E-state index contributed by atoms with van der Waals surface area (Å²) in [7, 11) is 0. The Morgan fingerprint density at radius 1 is 0.950 bits per heavy atom. The van der Waals surface area contributed by atoms with Gasteiger partial charge in [-0.1, -0.05) is 0 Å². The molecule has 0 aromatic carbocycles. The van der Waals surface area contributed by atoms with Crippen LogP contribution in [-0.4, -0.2) is 79.2 Å². The summed E-state index contributed by atoms with van der Waals surface area (Å²) in [5.74, 6) is 0. The van der Waals surface area contributed by atoms with E-state index in [1.807, 2.05) is 4.90 Å². The van der Waals surface area contributed by atoms with Crippen LogP contribution in [-0.2, 0) is 4.74 Å². The van der Waals surface area contributed by atoms with E-state index < -0.39 is 11.8 Å². The third kappa shape index (κ3) is 4.07. The molecule has 2 fully saturated rings. The van der Waals surface area contributed by atoms with Crippen molar-refractivity contribution in [1.82, 2.24) is 9.80 Å². The Labute approximate surface area is 117 Å². The molecule has 7 heteroatoms. The minimum absolute atomic E-state index is 0.214. The van der Waals surface area contributed by atoms with Crippen molar-refractivity contribution in [2.45, 2.75) is 31.0 Å². The van der Waals surface area contributed by atoms with Gasteiger partial charge in [-0.05, 0) is 32.4 Å². The molecular formula is C13H23F3N2O2. The first-order valence-electron chi connectivity index (χ1n) is 7.22. The highest BCUT2D eigenvalue weighted by atomic mass is 19.4. The Morgan fingerprint density at radius 2 is 1.45 bits per heavy atom. The van der Waals surface area contributed by atoms with Crippen molar-refractivity contribution < 1.29 is 23.0 Å². The maximum atomic E-state index is 12.7. The summed E-state index contributed by atoms with van der Waals surface area (Å²) in [5.41, 5.74) is -2.48. The lowest BCUT2D eigenvalue weighted by atomic mass is 9.91. The highest BCUT2D eigenvalue weighted by Gasteiger charge is 2.54. The van der Waals surface area contributed by atoms with Gasteiger partial charge in [0.25, 0.3) is 0 Å². The normalized spacial score (nSPS) is 25.8. The molecule has 0 radical (unpaired) electrons.